The predicted molar refractivity (Wildman–Crippen MR) is 340 cm³/mol. The van der Waals surface area contributed by atoms with Crippen LogP contribution < -0.4 is 0 Å². The Balaban J connectivity index is 0.000000114. The van der Waals surface area contributed by atoms with Gasteiger partial charge in [-0.2, -0.15) is 40.8 Å². The molecule has 0 bridgehead atoms. The smallest absolute Gasteiger partial charge is 0.0589 e. The summed E-state index contributed by atoms with van der Waals surface area (Å²) >= 11 is 3.46. The summed E-state index contributed by atoms with van der Waals surface area (Å²) in [6, 6.07) is 53.5. The van der Waals surface area contributed by atoms with Crippen molar-refractivity contribution in [2.75, 3.05) is 0 Å². The third kappa shape index (κ3) is 13.4. The number of hydrogen-bond acceptors (Lipinski definition) is 10. The van der Waals surface area contributed by atoms with Gasteiger partial charge in [-0.3, -0.25) is 0 Å². The van der Waals surface area contributed by atoms with E-state index < -0.39 is 0 Å². The number of benzene rings is 6. The van der Waals surface area contributed by atoms with Crippen LogP contribution in [-0.4, -0.2) is 74.6 Å². The number of fused-ring (bicyclic) bond motifs is 6. The number of nitrogens with zero attached hydrogens (tertiary/aromatic N) is 8. The molecule has 0 atom stereocenters. The fourth-order valence-electron chi connectivity index (χ4n) is 8.75. The second kappa shape index (κ2) is 26.0. The zero-order chi connectivity index (χ0) is 54.0. The number of aromatic amines is 5. The summed E-state index contributed by atoms with van der Waals surface area (Å²) < 4.78 is 2.55. The van der Waals surface area contributed by atoms with E-state index in [1.54, 1.807) is 53.7 Å². The van der Waals surface area contributed by atoms with Crippen LogP contribution in [0.5, 0.6) is 0 Å². The Labute approximate surface area is 468 Å². The van der Waals surface area contributed by atoms with Crippen molar-refractivity contribution in [1.29, 1.82) is 0 Å². The largest absolute Gasteiger partial charge is 0.367 e. The van der Waals surface area contributed by atoms with E-state index in [0.717, 1.165) is 72.9 Å². The number of nitrogens with one attached hydrogen (secondary N) is 5. The van der Waals surface area contributed by atoms with Crippen molar-refractivity contribution in [2.24, 2.45) is 40.8 Å². The molecule has 388 valence electrons. The number of aromatic nitrogens is 5. The van der Waals surface area contributed by atoms with Crippen LogP contribution in [0, 0.1) is 0 Å². The van der Waals surface area contributed by atoms with Crippen LogP contribution in [0.15, 0.2) is 259 Å². The van der Waals surface area contributed by atoms with Crippen LogP contribution in [0.1, 0.15) is 50.1 Å². The third-order valence-corrected chi connectivity index (χ3v) is 14.8. The molecular weight excluding hydrogens is 1030 g/mol. The number of rotatable bonds is 12. The average Bonchev–Trinajstić information content (AvgIpc) is 4.37. The molecule has 7 heterocycles. The van der Waals surface area contributed by atoms with Crippen molar-refractivity contribution in [1.82, 2.24) is 24.9 Å². The molecule has 0 unspecified atom stereocenters. The first-order valence-corrected chi connectivity index (χ1v) is 27.4. The van der Waals surface area contributed by atoms with Crippen LogP contribution in [0.3, 0.4) is 0 Å². The number of allylic oxidation sites excluding steroid dienone is 2. The van der Waals surface area contributed by atoms with Crippen molar-refractivity contribution in [3.8, 4) is 0 Å². The number of para-hydroxylation sites is 1. The lowest BCUT2D eigenvalue weighted by molar-refractivity contribution is 1.26. The van der Waals surface area contributed by atoms with Gasteiger partial charge in [0.2, 0.25) is 0 Å². The molecule has 80 heavy (non-hydrogen) atoms. The number of thiophene rings is 2. The molecule has 1 aliphatic carbocycles. The molecule has 13 aromatic rings. The van der Waals surface area contributed by atoms with Gasteiger partial charge in [-0.1, -0.05) is 97.1 Å². The van der Waals surface area contributed by atoms with Crippen molar-refractivity contribution in [2.45, 2.75) is 6.42 Å². The van der Waals surface area contributed by atoms with Crippen LogP contribution in [0.4, 0.5) is 0 Å². The molecule has 13 nitrogen and oxygen atoms in total. The lowest BCUT2D eigenvalue weighted by Gasteiger charge is -1.98. The Morgan fingerprint density at radius 2 is 0.850 bits per heavy atom. The van der Waals surface area contributed by atoms with Gasteiger partial charge >= 0.3 is 0 Å². The lowest BCUT2D eigenvalue weighted by Crippen LogP contribution is -1.84. The van der Waals surface area contributed by atoms with Gasteiger partial charge in [0.15, 0.2) is 0 Å². The second-order valence-electron chi connectivity index (χ2n) is 18.1. The van der Waals surface area contributed by atoms with Gasteiger partial charge in [-0.15, -0.1) is 22.7 Å². The van der Waals surface area contributed by atoms with Gasteiger partial charge in [-0.25, -0.2) is 0 Å². The van der Waals surface area contributed by atoms with Crippen molar-refractivity contribution < 1.29 is 0 Å². The highest BCUT2D eigenvalue weighted by molar-refractivity contribution is 7.17. The minimum Gasteiger partial charge on any atom is -0.367 e. The summed E-state index contributed by atoms with van der Waals surface area (Å²) in [5.41, 5.74) is 14.5. The Morgan fingerprint density at radius 1 is 0.362 bits per heavy atom. The zero-order valence-corrected chi connectivity index (χ0v) is 44.6. The molecule has 0 spiro atoms. The molecule has 5 N–H and O–H groups in total. The quantitative estimate of drug-likeness (QED) is 0.0578. The van der Waals surface area contributed by atoms with E-state index in [1.165, 1.54) is 42.1 Å². The number of H-pyrrole nitrogens is 5. The summed E-state index contributed by atoms with van der Waals surface area (Å²) in [5, 5.41) is 43.0. The SMILES string of the molecule is C(=N\N=C\c1cc[nH]c1)/c1cc[nH]c1.C(=N\N=C\c1ccc2[nH]ccc2c1)/c1ccc2[nH]ccc2c1.C(=N\N=C\c1csc2ccccc12)/c1csc2ccccc12.C1=C(/C=N/N=C/c2c[nH]c3ccccc23)c2ccccc2C1. The van der Waals surface area contributed by atoms with E-state index in [0.29, 0.717) is 0 Å². The highest BCUT2D eigenvalue weighted by atomic mass is 32.1. The predicted octanol–water partition coefficient (Wildman–Crippen LogP) is 15.7. The Hall–Kier alpha value is -10.5. The van der Waals surface area contributed by atoms with Gasteiger partial charge in [0.1, 0.15) is 0 Å². The summed E-state index contributed by atoms with van der Waals surface area (Å²) in [6.45, 7) is 0. The molecule has 1 aliphatic rings. The molecule has 0 aliphatic heterocycles. The maximum absolute atomic E-state index is 4.20. The zero-order valence-electron chi connectivity index (χ0n) is 43.0. The maximum Gasteiger partial charge on any atom is 0.0589 e. The van der Waals surface area contributed by atoms with Crippen LogP contribution >= 0.6 is 22.7 Å². The van der Waals surface area contributed by atoms with E-state index in [4.69, 9.17) is 0 Å². The lowest BCUT2D eigenvalue weighted by atomic mass is 10.1. The average molecular weight is 1080 g/mol. The van der Waals surface area contributed by atoms with Gasteiger partial charge in [0.05, 0.1) is 49.7 Å². The summed E-state index contributed by atoms with van der Waals surface area (Å²) in [4.78, 5) is 15.4. The molecule has 0 amide bonds. The second-order valence-corrected chi connectivity index (χ2v) is 19.9. The molecular formula is C65H51N13S2. The minimum atomic E-state index is 0.976. The molecule has 0 fully saturated rings. The Bertz CT molecular complexity index is 4210. The van der Waals surface area contributed by atoms with Crippen molar-refractivity contribution in [3.63, 3.8) is 0 Å². The molecule has 7 aromatic heterocycles. The molecule has 15 heteroatoms. The van der Waals surface area contributed by atoms with E-state index in [-0.39, 0.29) is 0 Å². The fourth-order valence-corrected chi connectivity index (χ4v) is 10.6. The van der Waals surface area contributed by atoms with Crippen molar-refractivity contribution >= 4 is 131 Å². The van der Waals surface area contributed by atoms with Crippen LogP contribution in [0.2, 0.25) is 0 Å². The highest BCUT2D eigenvalue weighted by Crippen LogP contribution is 2.27. The first-order valence-electron chi connectivity index (χ1n) is 25.6. The summed E-state index contributed by atoms with van der Waals surface area (Å²) in [7, 11) is 0. The number of hydrogen-bond donors (Lipinski definition) is 5. The Morgan fingerprint density at radius 3 is 1.43 bits per heavy atom. The highest BCUT2D eigenvalue weighted by Gasteiger charge is 2.11. The molecule has 0 radical (unpaired) electrons. The third-order valence-electron chi connectivity index (χ3n) is 12.8. The molecule has 14 rings (SSSR count). The van der Waals surface area contributed by atoms with Crippen LogP contribution in [-0.2, 0) is 6.42 Å². The monoisotopic (exact) mass is 1080 g/mol. The van der Waals surface area contributed by atoms with Crippen LogP contribution in [0.25, 0.3) is 58.5 Å². The standard InChI is InChI=1S/C19H15N3.C18H14N4.C18H12N2S2.C10H10N4/c1-2-6-17-14(5-1)9-10-15(17)12-21-22-13-16-11-20-19-8-4-3-7-18(16)19;1-3-17-15(5-7-19-17)9-13(1)11-21-22-12-14-2-4-18-16(10-14)6-8-20-18;1-3-7-17-15(5-1)13(11-21-17)9-19-20-10-14-12-22-18-8-4-2-6-16(14)18;1-3-11-5-9(1)7-13-14-8-10-2-4-12-6-10/h1-8,10-13,20H,9H2;1-12,19-20H;1-12H;1-8,11-12H/b21-12+,22-13+;21-11+,22-12+;19-9+,20-10+;13-7+,14-8+. The Kier molecular flexibility index (Phi) is 16.8. The maximum atomic E-state index is 4.20. The molecule has 6 aromatic carbocycles. The van der Waals surface area contributed by atoms with Gasteiger partial charge in [-0.05, 0) is 112 Å². The van der Waals surface area contributed by atoms with E-state index in [9.17, 15) is 0 Å². The van der Waals surface area contributed by atoms with Gasteiger partial charge in [0, 0.05) is 124 Å². The topological polar surface area (TPSA) is 178 Å². The summed E-state index contributed by atoms with van der Waals surface area (Å²) in [5.74, 6) is 0. The van der Waals surface area contributed by atoms with E-state index in [1.807, 2.05) is 135 Å². The van der Waals surface area contributed by atoms with Crippen molar-refractivity contribution in [3.05, 3.63) is 268 Å². The molecule has 0 saturated heterocycles. The first-order chi connectivity index (χ1) is 39.7. The van der Waals surface area contributed by atoms with E-state index in [2.05, 4.69) is 167 Å². The minimum absolute atomic E-state index is 0.976. The first kappa shape index (κ1) is 51.6. The molecule has 0 saturated carbocycles. The summed E-state index contributed by atoms with van der Waals surface area (Å²) in [6.07, 6.45) is 30.6. The normalized spacial score (nSPS) is 12.6. The fraction of sp³-hybridized carbons (Fsp3) is 0.0154. The van der Waals surface area contributed by atoms with Gasteiger partial charge < -0.3 is 24.9 Å². The van der Waals surface area contributed by atoms with E-state index >= 15 is 0 Å². The van der Waals surface area contributed by atoms with Gasteiger partial charge in [0.25, 0.3) is 0 Å².